The highest BCUT2D eigenvalue weighted by atomic mass is 19.4. The average Bonchev–Trinajstić information content (AvgIpc) is 2.19. The maximum atomic E-state index is 12.7. The number of aliphatic imine (C=N–C) groups is 1. The summed E-state index contributed by atoms with van der Waals surface area (Å²) in [6.45, 7) is 3.61. The molecule has 18 heavy (non-hydrogen) atoms. The summed E-state index contributed by atoms with van der Waals surface area (Å²) < 4.78 is 75.3. The number of rotatable bonds is 3. The minimum Gasteiger partial charge on any atom is -0.259 e. The van der Waals surface area contributed by atoms with Gasteiger partial charge < -0.3 is 0 Å². The quantitative estimate of drug-likeness (QED) is 0.435. The summed E-state index contributed by atoms with van der Waals surface area (Å²) in [7, 11) is 0. The molecule has 0 fully saturated rings. The second-order valence-electron chi connectivity index (χ2n) is 3.03. The maximum absolute atomic E-state index is 12.7. The molecule has 100 valence electrons. The largest absolute Gasteiger partial charge is 0.433 e. The van der Waals surface area contributed by atoms with Gasteiger partial charge in [-0.25, -0.2) is 0 Å². The van der Waals surface area contributed by atoms with Crippen molar-refractivity contribution in [2.45, 2.75) is 25.7 Å². The minimum atomic E-state index is -5.30. The Hall–Kier alpha value is -1.78. The molecule has 0 radical (unpaired) electrons. The smallest absolute Gasteiger partial charge is 0.259 e. The zero-order chi connectivity index (χ0) is 14.6. The lowest BCUT2D eigenvalue weighted by atomic mass is 10.00. The van der Waals surface area contributed by atoms with E-state index in [1.807, 2.05) is 0 Å². The Bertz CT molecular complexity index is 419. The first-order chi connectivity index (χ1) is 8.09. The van der Waals surface area contributed by atoms with Gasteiger partial charge in [-0.3, -0.25) is 4.99 Å². The molecule has 0 saturated heterocycles. The zero-order valence-electron chi connectivity index (χ0n) is 9.15. The molecule has 0 aliphatic carbocycles. The van der Waals surface area contributed by atoms with Gasteiger partial charge in [-0.05, 0) is 19.2 Å². The van der Waals surface area contributed by atoms with Crippen molar-refractivity contribution in [2.75, 3.05) is 0 Å². The Labute approximate surface area is 98.9 Å². The first-order valence-electron chi connectivity index (χ1n) is 4.47. The van der Waals surface area contributed by atoms with E-state index in [9.17, 15) is 26.3 Å². The Morgan fingerprint density at radius 2 is 1.72 bits per heavy atom. The summed E-state index contributed by atoms with van der Waals surface area (Å²) >= 11 is 0. The summed E-state index contributed by atoms with van der Waals surface area (Å²) in [5.74, 6) is 0. The average molecular weight is 270 g/mol. The number of alkyl halides is 6. The predicted molar refractivity (Wildman–Crippen MR) is 52.7 cm³/mol. The number of hydrogen-bond donors (Lipinski definition) is 0. The highest BCUT2D eigenvalue weighted by Gasteiger charge is 2.46. The number of nitriles is 1. The number of halogens is 6. The van der Waals surface area contributed by atoms with Gasteiger partial charge in [-0.2, -0.15) is 31.6 Å². The van der Waals surface area contributed by atoms with Crippen molar-refractivity contribution in [1.29, 1.82) is 5.26 Å². The van der Waals surface area contributed by atoms with Crippen LogP contribution in [0.25, 0.3) is 0 Å². The first-order valence-corrected chi connectivity index (χ1v) is 4.47. The van der Waals surface area contributed by atoms with Crippen LogP contribution < -0.4 is 0 Å². The van der Waals surface area contributed by atoms with Crippen molar-refractivity contribution in [3.63, 3.8) is 0 Å². The van der Waals surface area contributed by atoms with Gasteiger partial charge in [0.15, 0.2) is 5.70 Å². The fourth-order valence-electron chi connectivity index (χ4n) is 1.20. The molecule has 0 spiro atoms. The van der Waals surface area contributed by atoms with E-state index < -0.39 is 35.6 Å². The summed E-state index contributed by atoms with van der Waals surface area (Å²) in [6, 6.07) is 1.37. The third-order valence-electron chi connectivity index (χ3n) is 1.89. The zero-order valence-corrected chi connectivity index (χ0v) is 9.15. The maximum Gasteiger partial charge on any atom is 0.433 e. The van der Waals surface area contributed by atoms with E-state index >= 15 is 0 Å². The lowest BCUT2D eigenvalue weighted by Gasteiger charge is -2.18. The molecule has 8 heteroatoms. The second kappa shape index (κ2) is 5.71. The fraction of sp³-hybridized carbons (Fsp3) is 0.400. The summed E-state index contributed by atoms with van der Waals surface area (Å²) in [5, 5.41) is 8.33. The summed E-state index contributed by atoms with van der Waals surface area (Å²) in [5.41, 5.74) is -4.91. The molecule has 0 unspecified atom stereocenters. The van der Waals surface area contributed by atoms with Crippen LogP contribution in [-0.4, -0.2) is 19.1 Å². The van der Waals surface area contributed by atoms with E-state index in [-0.39, 0.29) is 0 Å². The van der Waals surface area contributed by atoms with Gasteiger partial charge in [0.1, 0.15) is 0 Å². The van der Waals surface area contributed by atoms with Gasteiger partial charge in [0.2, 0.25) is 0 Å². The molecule has 0 rings (SSSR count). The molecular weight excluding hydrogens is 262 g/mol. The van der Waals surface area contributed by atoms with E-state index in [1.165, 1.54) is 6.07 Å². The van der Waals surface area contributed by atoms with E-state index in [4.69, 9.17) is 5.26 Å². The third-order valence-corrected chi connectivity index (χ3v) is 1.89. The van der Waals surface area contributed by atoms with Crippen LogP contribution in [0.2, 0.25) is 0 Å². The Morgan fingerprint density at radius 3 is 1.94 bits per heavy atom. The van der Waals surface area contributed by atoms with Crippen molar-refractivity contribution >= 4 is 6.72 Å². The van der Waals surface area contributed by atoms with E-state index in [0.717, 1.165) is 13.0 Å². The highest BCUT2D eigenvalue weighted by Crippen LogP contribution is 2.41. The molecule has 0 aliphatic heterocycles. The van der Waals surface area contributed by atoms with Crippen LogP contribution in [0.4, 0.5) is 26.3 Å². The van der Waals surface area contributed by atoms with Gasteiger partial charge >= 0.3 is 12.4 Å². The predicted octanol–water partition coefficient (Wildman–Crippen LogP) is 3.93. The van der Waals surface area contributed by atoms with Crippen LogP contribution in [0.1, 0.15) is 13.3 Å². The molecule has 0 aromatic rings. The summed E-state index contributed by atoms with van der Waals surface area (Å²) in [6.07, 6.45) is -10.6. The van der Waals surface area contributed by atoms with Gasteiger partial charge in [0, 0.05) is 0 Å². The molecular formula is C10H8F6N2. The molecule has 0 aliphatic rings. The van der Waals surface area contributed by atoms with Crippen molar-refractivity contribution in [2.24, 2.45) is 4.99 Å². The third kappa shape index (κ3) is 3.91. The van der Waals surface area contributed by atoms with Crippen LogP contribution in [0.5, 0.6) is 0 Å². The van der Waals surface area contributed by atoms with Crippen LogP contribution >= 0.6 is 0 Å². The molecule has 2 nitrogen and oxygen atoms in total. The van der Waals surface area contributed by atoms with Crippen molar-refractivity contribution < 1.29 is 26.3 Å². The lowest BCUT2D eigenvalue weighted by Crippen LogP contribution is -2.23. The fourth-order valence-corrected chi connectivity index (χ4v) is 1.20. The monoisotopic (exact) mass is 270 g/mol. The lowest BCUT2D eigenvalue weighted by molar-refractivity contribution is -0.114. The van der Waals surface area contributed by atoms with Gasteiger partial charge in [-0.1, -0.05) is 6.08 Å². The van der Waals surface area contributed by atoms with Crippen LogP contribution in [0.15, 0.2) is 27.9 Å². The van der Waals surface area contributed by atoms with Crippen LogP contribution in [-0.2, 0) is 0 Å². The molecule has 0 N–H and O–H groups in total. The van der Waals surface area contributed by atoms with Crippen LogP contribution in [0.3, 0.4) is 0 Å². The SMILES string of the molecule is C=N/C(=C(\C(=C/C)CC#N)C(F)(F)F)C(F)(F)F. The highest BCUT2D eigenvalue weighted by molar-refractivity contribution is 5.44. The van der Waals surface area contributed by atoms with E-state index in [2.05, 4.69) is 11.7 Å². The Morgan fingerprint density at radius 1 is 1.22 bits per heavy atom. The molecule has 0 heterocycles. The number of nitrogens with zero attached hydrogens (tertiary/aromatic N) is 2. The van der Waals surface area contributed by atoms with Crippen molar-refractivity contribution in [3.8, 4) is 6.07 Å². The molecule has 0 amide bonds. The second-order valence-corrected chi connectivity index (χ2v) is 3.03. The van der Waals surface area contributed by atoms with E-state index in [0.29, 0.717) is 0 Å². The van der Waals surface area contributed by atoms with Gasteiger partial charge in [0.25, 0.3) is 0 Å². The van der Waals surface area contributed by atoms with Crippen molar-refractivity contribution in [3.05, 3.63) is 22.9 Å². The van der Waals surface area contributed by atoms with E-state index in [1.54, 1.807) is 0 Å². The standard InChI is InChI=1S/C10H8F6N2/c1-3-6(4-5-17)7(9(11,12)13)8(18-2)10(14,15)16/h3H,2,4H2,1H3/b6-3-,8-7+. The molecule has 0 bridgehead atoms. The normalized spacial score (nSPS) is 14.9. The molecule has 0 atom stereocenters. The minimum absolute atomic E-state index is 0.787. The Kier molecular flexibility index (Phi) is 5.14. The molecule has 0 aromatic heterocycles. The van der Waals surface area contributed by atoms with Gasteiger partial charge in [0.05, 0.1) is 18.1 Å². The topological polar surface area (TPSA) is 36.1 Å². The summed E-state index contributed by atoms with van der Waals surface area (Å²) in [4.78, 5) is 2.41. The Balaban J connectivity index is 6.17. The molecule has 0 aromatic carbocycles. The van der Waals surface area contributed by atoms with Crippen LogP contribution in [0, 0.1) is 11.3 Å². The molecule has 0 saturated carbocycles. The van der Waals surface area contributed by atoms with Gasteiger partial charge in [-0.15, -0.1) is 0 Å². The number of allylic oxidation sites excluding steroid dienone is 4. The number of hydrogen-bond acceptors (Lipinski definition) is 2. The van der Waals surface area contributed by atoms with Crippen molar-refractivity contribution in [1.82, 2.24) is 0 Å². The first kappa shape index (κ1) is 16.2.